The standard InChI is InChI=1S/C17H30N2/c1-7-17(4,19(5)6)16(18-8-2)13-15-11-9-14(3)10-12-15/h9-12,16,18H,7-8,13H2,1-6H3. The smallest absolute Gasteiger partial charge is 0.0328 e. The predicted octanol–water partition coefficient (Wildman–Crippen LogP) is 3.25. The summed E-state index contributed by atoms with van der Waals surface area (Å²) in [7, 11) is 4.37. The van der Waals surface area contributed by atoms with Gasteiger partial charge >= 0.3 is 0 Å². The van der Waals surface area contributed by atoms with E-state index in [4.69, 9.17) is 0 Å². The van der Waals surface area contributed by atoms with Crippen LogP contribution in [0.15, 0.2) is 24.3 Å². The highest BCUT2D eigenvalue weighted by molar-refractivity contribution is 5.23. The third kappa shape index (κ3) is 4.05. The van der Waals surface area contributed by atoms with Crippen LogP contribution < -0.4 is 5.32 Å². The van der Waals surface area contributed by atoms with Gasteiger partial charge in [0.2, 0.25) is 0 Å². The number of rotatable bonds is 7. The van der Waals surface area contributed by atoms with Gasteiger partial charge in [-0.2, -0.15) is 0 Å². The molecule has 0 aliphatic rings. The van der Waals surface area contributed by atoms with Gasteiger partial charge in [-0.1, -0.05) is 43.7 Å². The molecule has 1 aromatic carbocycles. The van der Waals surface area contributed by atoms with Crippen LogP contribution in [0.2, 0.25) is 0 Å². The minimum Gasteiger partial charge on any atom is -0.312 e. The van der Waals surface area contributed by atoms with Gasteiger partial charge in [0.1, 0.15) is 0 Å². The normalized spacial score (nSPS) is 16.4. The van der Waals surface area contributed by atoms with E-state index < -0.39 is 0 Å². The zero-order valence-corrected chi connectivity index (χ0v) is 13.5. The lowest BCUT2D eigenvalue weighted by Gasteiger charge is -2.43. The van der Waals surface area contributed by atoms with E-state index in [2.05, 4.69) is 76.3 Å². The molecule has 1 rings (SSSR count). The van der Waals surface area contributed by atoms with Crippen molar-refractivity contribution in [2.45, 2.75) is 52.1 Å². The van der Waals surface area contributed by atoms with Crippen molar-refractivity contribution in [1.29, 1.82) is 0 Å². The second-order valence-electron chi connectivity index (χ2n) is 5.91. The van der Waals surface area contributed by atoms with Crippen LogP contribution in [0.4, 0.5) is 0 Å². The first kappa shape index (κ1) is 16.2. The molecule has 2 heteroatoms. The van der Waals surface area contributed by atoms with E-state index in [1.54, 1.807) is 0 Å². The summed E-state index contributed by atoms with van der Waals surface area (Å²) in [6.45, 7) is 9.98. The lowest BCUT2D eigenvalue weighted by molar-refractivity contribution is 0.113. The molecule has 0 aliphatic heterocycles. The Bertz CT molecular complexity index is 369. The molecule has 0 amide bonds. The van der Waals surface area contributed by atoms with E-state index in [1.807, 2.05) is 0 Å². The molecule has 0 bridgehead atoms. The van der Waals surface area contributed by atoms with Crippen molar-refractivity contribution >= 4 is 0 Å². The van der Waals surface area contributed by atoms with Gasteiger partial charge < -0.3 is 10.2 Å². The first-order valence-corrected chi connectivity index (χ1v) is 7.40. The molecule has 2 unspecified atom stereocenters. The summed E-state index contributed by atoms with van der Waals surface area (Å²) < 4.78 is 0. The van der Waals surface area contributed by atoms with E-state index in [1.165, 1.54) is 11.1 Å². The van der Waals surface area contributed by atoms with Crippen molar-refractivity contribution in [1.82, 2.24) is 10.2 Å². The zero-order chi connectivity index (χ0) is 14.5. The lowest BCUT2D eigenvalue weighted by atomic mass is 9.84. The second kappa shape index (κ2) is 7.06. The highest BCUT2D eigenvalue weighted by Gasteiger charge is 2.34. The van der Waals surface area contributed by atoms with E-state index in [0.29, 0.717) is 6.04 Å². The Balaban J connectivity index is 2.91. The number of benzene rings is 1. The summed E-state index contributed by atoms with van der Waals surface area (Å²) in [5.74, 6) is 0. The third-order valence-electron chi connectivity index (χ3n) is 4.50. The predicted molar refractivity (Wildman–Crippen MR) is 84.7 cm³/mol. The second-order valence-corrected chi connectivity index (χ2v) is 5.91. The summed E-state index contributed by atoms with van der Waals surface area (Å²) in [5, 5.41) is 3.68. The van der Waals surface area contributed by atoms with Gasteiger partial charge in [-0.15, -0.1) is 0 Å². The van der Waals surface area contributed by atoms with E-state index in [-0.39, 0.29) is 5.54 Å². The highest BCUT2D eigenvalue weighted by Crippen LogP contribution is 2.24. The van der Waals surface area contributed by atoms with Crippen molar-refractivity contribution in [3.63, 3.8) is 0 Å². The van der Waals surface area contributed by atoms with Crippen molar-refractivity contribution in [3.05, 3.63) is 35.4 Å². The summed E-state index contributed by atoms with van der Waals surface area (Å²) in [5.41, 5.74) is 2.92. The molecule has 0 aromatic heterocycles. The topological polar surface area (TPSA) is 15.3 Å². The van der Waals surface area contributed by atoms with Gasteiger partial charge in [-0.25, -0.2) is 0 Å². The molecule has 2 nitrogen and oxygen atoms in total. The van der Waals surface area contributed by atoms with Crippen LogP contribution in [0.1, 0.15) is 38.3 Å². The molecule has 0 spiro atoms. The monoisotopic (exact) mass is 262 g/mol. The molecule has 0 heterocycles. The van der Waals surface area contributed by atoms with Gasteiger partial charge in [0.05, 0.1) is 0 Å². The number of nitrogens with one attached hydrogen (secondary N) is 1. The fourth-order valence-electron chi connectivity index (χ4n) is 2.59. The molecule has 1 N–H and O–H groups in total. The van der Waals surface area contributed by atoms with Crippen molar-refractivity contribution in [3.8, 4) is 0 Å². The molecule has 19 heavy (non-hydrogen) atoms. The Hall–Kier alpha value is -0.860. The lowest BCUT2D eigenvalue weighted by Crippen LogP contribution is -2.57. The Labute approximate surface area is 119 Å². The molecule has 2 atom stereocenters. The van der Waals surface area contributed by atoms with Gasteiger partial charge in [0, 0.05) is 11.6 Å². The molecule has 0 radical (unpaired) electrons. The van der Waals surface area contributed by atoms with Gasteiger partial charge in [-0.3, -0.25) is 0 Å². The molecule has 0 saturated carbocycles. The van der Waals surface area contributed by atoms with Gasteiger partial charge in [0.15, 0.2) is 0 Å². The Morgan fingerprint density at radius 2 is 1.74 bits per heavy atom. The van der Waals surface area contributed by atoms with Gasteiger partial charge in [0.25, 0.3) is 0 Å². The number of hydrogen-bond donors (Lipinski definition) is 1. The van der Waals surface area contributed by atoms with Crippen molar-refractivity contribution in [2.24, 2.45) is 0 Å². The van der Waals surface area contributed by atoms with Crippen LogP contribution >= 0.6 is 0 Å². The Morgan fingerprint density at radius 3 is 2.16 bits per heavy atom. The van der Waals surface area contributed by atoms with E-state index in [0.717, 1.165) is 19.4 Å². The third-order valence-corrected chi connectivity index (χ3v) is 4.50. The molecule has 0 aliphatic carbocycles. The molecular formula is C17H30N2. The van der Waals surface area contributed by atoms with Crippen molar-refractivity contribution in [2.75, 3.05) is 20.6 Å². The number of nitrogens with zero attached hydrogens (tertiary/aromatic N) is 1. The van der Waals surface area contributed by atoms with E-state index >= 15 is 0 Å². The maximum Gasteiger partial charge on any atom is 0.0328 e. The summed E-state index contributed by atoms with van der Waals surface area (Å²) in [6.07, 6.45) is 2.22. The Kier molecular flexibility index (Phi) is 6.02. The largest absolute Gasteiger partial charge is 0.312 e. The Morgan fingerprint density at radius 1 is 1.16 bits per heavy atom. The van der Waals surface area contributed by atoms with Crippen LogP contribution in [0.5, 0.6) is 0 Å². The minimum atomic E-state index is 0.181. The number of likely N-dealkylation sites (N-methyl/N-ethyl adjacent to an activating group) is 2. The SMILES string of the molecule is CCNC(Cc1ccc(C)cc1)C(C)(CC)N(C)C. The zero-order valence-electron chi connectivity index (χ0n) is 13.5. The first-order valence-electron chi connectivity index (χ1n) is 7.40. The van der Waals surface area contributed by atoms with Crippen LogP contribution in [-0.4, -0.2) is 37.1 Å². The summed E-state index contributed by atoms with van der Waals surface area (Å²) in [4.78, 5) is 2.36. The van der Waals surface area contributed by atoms with Crippen LogP contribution in [0.3, 0.4) is 0 Å². The molecule has 0 fully saturated rings. The number of hydrogen-bond acceptors (Lipinski definition) is 2. The number of aryl methyl sites for hydroxylation is 1. The maximum atomic E-state index is 3.68. The van der Waals surface area contributed by atoms with Crippen LogP contribution in [0.25, 0.3) is 0 Å². The average molecular weight is 262 g/mol. The molecule has 1 aromatic rings. The highest BCUT2D eigenvalue weighted by atomic mass is 15.2. The fourth-order valence-corrected chi connectivity index (χ4v) is 2.59. The minimum absolute atomic E-state index is 0.181. The average Bonchev–Trinajstić information content (AvgIpc) is 2.39. The first-order chi connectivity index (χ1) is 8.93. The van der Waals surface area contributed by atoms with Crippen molar-refractivity contribution < 1.29 is 0 Å². The molecular weight excluding hydrogens is 232 g/mol. The molecule has 108 valence electrons. The van der Waals surface area contributed by atoms with Crippen LogP contribution in [0, 0.1) is 6.92 Å². The summed E-state index contributed by atoms with van der Waals surface area (Å²) in [6, 6.07) is 9.39. The summed E-state index contributed by atoms with van der Waals surface area (Å²) >= 11 is 0. The van der Waals surface area contributed by atoms with Gasteiger partial charge in [-0.05, 0) is 52.9 Å². The van der Waals surface area contributed by atoms with E-state index in [9.17, 15) is 0 Å². The quantitative estimate of drug-likeness (QED) is 0.811. The van der Waals surface area contributed by atoms with Crippen LogP contribution in [-0.2, 0) is 6.42 Å². The maximum absolute atomic E-state index is 3.68. The fraction of sp³-hybridized carbons (Fsp3) is 0.647. The molecule has 0 saturated heterocycles.